The van der Waals surface area contributed by atoms with Gasteiger partial charge in [-0.15, -0.1) is 0 Å². The summed E-state index contributed by atoms with van der Waals surface area (Å²) in [6.07, 6.45) is 0.241. The maximum atomic E-state index is 11.7. The summed E-state index contributed by atoms with van der Waals surface area (Å²) in [5.74, 6) is 0.361. The van der Waals surface area contributed by atoms with Gasteiger partial charge in [-0.1, -0.05) is 16.8 Å². The number of hydrogen-bond donors (Lipinski definition) is 0. The maximum absolute atomic E-state index is 11.7. The van der Waals surface area contributed by atoms with Gasteiger partial charge in [-0.25, -0.2) is 0 Å². The van der Waals surface area contributed by atoms with Crippen LogP contribution in [0.4, 0.5) is 0 Å². The van der Waals surface area contributed by atoms with Gasteiger partial charge in [0.1, 0.15) is 0 Å². The van der Waals surface area contributed by atoms with E-state index >= 15 is 0 Å². The molecule has 0 aliphatic carbocycles. The molecule has 22 heavy (non-hydrogen) atoms. The molecule has 7 heteroatoms. The molecule has 3 rings (SSSR count). The Bertz CT molecular complexity index is 753. The number of benzene rings is 1. The van der Waals surface area contributed by atoms with Crippen LogP contribution in [-0.2, 0) is 22.6 Å². The lowest BCUT2D eigenvalue weighted by Crippen LogP contribution is -2.08. The van der Waals surface area contributed by atoms with E-state index in [1.54, 1.807) is 35.6 Å². The van der Waals surface area contributed by atoms with E-state index in [9.17, 15) is 4.79 Å². The predicted molar refractivity (Wildman–Crippen MR) is 82.6 cm³/mol. The lowest BCUT2D eigenvalue weighted by atomic mass is 10.2. The van der Waals surface area contributed by atoms with Gasteiger partial charge in [-0.2, -0.15) is 16.3 Å². The number of aromatic nitrogens is 2. The first kappa shape index (κ1) is 14.7. The number of halogens is 1. The number of carbonyl (C=O) groups excluding carboxylic acids is 1. The largest absolute Gasteiger partial charge is 0.457 e. The van der Waals surface area contributed by atoms with Gasteiger partial charge in [-0.05, 0) is 46.7 Å². The van der Waals surface area contributed by atoms with Gasteiger partial charge in [0, 0.05) is 10.6 Å². The first-order chi connectivity index (χ1) is 10.7. The molecule has 0 aliphatic rings. The number of nitrogens with zero attached hydrogens (tertiary/aromatic N) is 2. The second-order valence-electron chi connectivity index (χ2n) is 4.49. The monoisotopic (exact) mass is 334 g/mol. The molecular weight excluding hydrogens is 324 g/mol. The molecule has 0 radical (unpaired) electrons. The zero-order valence-corrected chi connectivity index (χ0v) is 12.9. The van der Waals surface area contributed by atoms with Gasteiger partial charge < -0.3 is 9.26 Å². The van der Waals surface area contributed by atoms with Crippen LogP contribution in [0.5, 0.6) is 0 Å². The zero-order valence-electron chi connectivity index (χ0n) is 11.4. The molecule has 2 heterocycles. The number of esters is 1. The van der Waals surface area contributed by atoms with Gasteiger partial charge in [0.2, 0.25) is 5.82 Å². The standard InChI is InChI=1S/C15H11ClN2O3S/c16-12-3-1-11(2-4-12)15-17-13(18-21-15)8-20-14(19)7-10-5-6-22-9-10/h1-6,9H,7-8H2. The third-order valence-electron chi connectivity index (χ3n) is 2.85. The molecule has 0 aliphatic heterocycles. The number of carbonyl (C=O) groups is 1. The molecule has 0 bridgehead atoms. The van der Waals surface area contributed by atoms with E-state index in [2.05, 4.69) is 10.1 Å². The average molecular weight is 335 g/mol. The second-order valence-corrected chi connectivity index (χ2v) is 5.71. The Hall–Kier alpha value is -2.18. The lowest BCUT2D eigenvalue weighted by Gasteiger charge is -1.99. The summed E-state index contributed by atoms with van der Waals surface area (Å²) < 4.78 is 10.3. The Morgan fingerprint density at radius 2 is 2.09 bits per heavy atom. The Morgan fingerprint density at radius 3 is 2.82 bits per heavy atom. The minimum Gasteiger partial charge on any atom is -0.457 e. The van der Waals surface area contributed by atoms with Crippen molar-refractivity contribution >= 4 is 28.9 Å². The summed E-state index contributed by atoms with van der Waals surface area (Å²) in [4.78, 5) is 15.9. The Morgan fingerprint density at radius 1 is 1.27 bits per heavy atom. The molecule has 0 saturated carbocycles. The summed E-state index contributed by atoms with van der Waals surface area (Å²) in [5.41, 5.74) is 1.69. The summed E-state index contributed by atoms with van der Waals surface area (Å²) in [6.45, 7) is -0.0138. The highest BCUT2D eigenvalue weighted by molar-refractivity contribution is 7.07. The summed E-state index contributed by atoms with van der Waals surface area (Å²) in [6, 6.07) is 8.92. The van der Waals surface area contributed by atoms with E-state index in [0.717, 1.165) is 11.1 Å². The third-order valence-corrected chi connectivity index (χ3v) is 3.83. The number of rotatable bonds is 5. The van der Waals surface area contributed by atoms with Crippen LogP contribution in [0.1, 0.15) is 11.4 Å². The van der Waals surface area contributed by atoms with Crippen molar-refractivity contribution in [1.82, 2.24) is 10.1 Å². The van der Waals surface area contributed by atoms with Gasteiger partial charge >= 0.3 is 5.97 Å². The van der Waals surface area contributed by atoms with Gasteiger partial charge in [0.05, 0.1) is 6.42 Å². The first-order valence-electron chi connectivity index (χ1n) is 6.46. The minimum absolute atomic E-state index is 0.0138. The average Bonchev–Trinajstić information content (AvgIpc) is 3.17. The quantitative estimate of drug-likeness (QED) is 0.665. The van der Waals surface area contributed by atoms with Crippen LogP contribution in [0, 0.1) is 0 Å². The fourth-order valence-corrected chi connectivity index (χ4v) is 2.57. The number of ether oxygens (including phenoxy) is 1. The minimum atomic E-state index is -0.323. The van der Waals surface area contributed by atoms with Crippen LogP contribution in [0.2, 0.25) is 5.02 Å². The fourth-order valence-electron chi connectivity index (χ4n) is 1.78. The molecule has 0 spiro atoms. The normalized spacial score (nSPS) is 10.6. The summed E-state index contributed by atoms with van der Waals surface area (Å²) >= 11 is 7.36. The van der Waals surface area contributed by atoms with Crippen molar-refractivity contribution in [3.63, 3.8) is 0 Å². The first-order valence-corrected chi connectivity index (χ1v) is 7.78. The fraction of sp³-hybridized carbons (Fsp3) is 0.133. The van der Waals surface area contributed by atoms with E-state index in [-0.39, 0.29) is 19.0 Å². The molecule has 0 fully saturated rings. The molecule has 0 N–H and O–H groups in total. The molecule has 5 nitrogen and oxygen atoms in total. The SMILES string of the molecule is O=C(Cc1ccsc1)OCc1noc(-c2ccc(Cl)cc2)n1. The van der Waals surface area contributed by atoms with E-state index in [1.165, 1.54) is 0 Å². The molecule has 0 amide bonds. The highest BCUT2D eigenvalue weighted by atomic mass is 35.5. The molecule has 0 unspecified atom stereocenters. The molecule has 112 valence electrons. The number of thiophene rings is 1. The zero-order chi connectivity index (χ0) is 15.4. The van der Waals surface area contributed by atoms with Crippen molar-refractivity contribution in [1.29, 1.82) is 0 Å². The van der Waals surface area contributed by atoms with Gasteiger partial charge in [0.15, 0.2) is 6.61 Å². The highest BCUT2D eigenvalue weighted by Crippen LogP contribution is 2.19. The van der Waals surface area contributed by atoms with E-state index in [4.69, 9.17) is 20.9 Å². The van der Waals surface area contributed by atoms with Crippen molar-refractivity contribution in [2.45, 2.75) is 13.0 Å². The molecule has 1 aromatic carbocycles. The van der Waals surface area contributed by atoms with Gasteiger partial charge in [-0.3, -0.25) is 4.79 Å². The summed E-state index contributed by atoms with van der Waals surface area (Å²) in [7, 11) is 0. The van der Waals surface area contributed by atoms with Crippen LogP contribution in [0.15, 0.2) is 45.6 Å². The topological polar surface area (TPSA) is 65.2 Å². The van der Waals surface area contributed by atoms with Crippen molar-refractivity contribution in [3.8, 4) is 11.5 Å². The van der Waals surface area contributed by atoms with Crippen molar-refractivity contribution in [2.24, 2.45) is 0 Å². The van der Waals surface area contributed by atoms with E-state index in [0.29, 0.717) is 16.7 Å². The maximum Gasteiger partial charge on any atom is 0.310 e. The van der Waals surface area contributed by atoms with E-state index in [1.807, 2.05) is 16.8 Å². The van der Waals surface area contributed by atoms with Crippen molar-refractivity contribution in [3.05, 3.63) is 57.5 Å². The summed E-state index contributed by atoms with van der Waals surface area (Å²) in [5, 5.41) is 8.25. The van der Waals surface area contributed by atoms with Crippen molar-refractivity contribution < 1.29 is 14.1 Å². The van der Waals surface area contributed by atoms with Crippen LogP contribution in [-0.4, -0.2) is 16.1 Å². The molecular formula is C15H11ClN2O3S. The Labute approximate surface area is 135 Å². The predicted octanol–water partition coefficient (Wildman–Crippen LogP) is 3.74. The smallest absolute Gasteiger partial charge is 0.310 e. The molecule has 2 aromatic heterocycles. The second kappa shape index (κ2) is 6.72. The van der Waals surface area contributed by atoms with Crippen LogP contribution in [0.3, 0.4) is 0 Å². The molecule has 0 atom stereocenters. The molecule has 3 aromatic rings. The van der Waals surface area contributed by atoms with Crippen LogP contribution in [0.25, 0.3) is 11.5 Å². The Kier molecular flexibility index (Phi) is 4.50. The van der Waals surface area contributed by atoms with Crippen LogP contribution < -0.4 is 0 Å². The van der Waals surface area contributed by atoms with Crippen molar-refractivity contribution in [2.75, 3.05) is 0 Å². The van der Waals surface area contributed by atoms with Gasteiger partial charge in [0.25, 0.3) is 5.89 Å². The van der Waals surface area contributed by atoms with Crippen LogP contribution >= 0.6 is 22.9 Å². The lowest BCUT2D eigenvalue weighted by molar-refractivity contribution is -0.144. The highest BCUT2D eigenvalue weighted by Gasteiger charge is 2.11. The molecule has 0 saturated heterocycles. The van der Waals surface area contributed by atoms with E-state index < -0.39 is 0 Å². The third kappa shape index (κ3) is 3.72. The Balaban J connectivity index is 1.57. The number of hydrogen-bond acceptors (Lipinski definition) is 6.